The average Bonchev–Trinajstić information content (AvgIpc) is 2.89. The summed E-state index contributed by atoms with van der Waals surface area (Å²) in [5, 5.41) is 11.2. The second kappa shape index (κ2) is 7.66. The van der Waals surface area contributed by atoms with Gasteiger partial charge in [0.25, 0.3) is 5.91 Å². The maximum Gasteiger partial charge on any atom is 0.274 e. The van der Waals surface area contributed by atoms with E-state index in [2.05, 4.69) is 10.3 Å². The minimum atomic E-state index is -3.61. The average molecular weight is 466 g/mol. The number of anilines is 1. The molecule has 2 aliphatic rings. The molecule has 0 saturated heterocycles. The van der Waals surface area contributed by atoms with E-state index in [0.29, 0.717) is 23.2 Å². The quantitative estimate of drug-likeness (QED) is 0.699. The van der Waals surface area contributed by atoms with Crippen molar-refractivity contribution in [2.45, 2.75) is 62.5 Å². The zero-order valence-electron chi connectivity index (χ0n) is 19.1. The van der Waals surface area contributed by atoms with Crippen LogP contribution >= 0.6 is 0 Å². The molecule has 0 bridgehead atoms. The molecule has 1 aliphatic carbocycles. The zero-order valence-corrected chi connectivity index (χ0v) is 20.0. The van der Waals surface area contributed by atoms with Gasteiger partial charge in [0.2, 0.25) is 0 Å². The molecule has 4 rings (SSSR count). The van der Waals surface area contributed by atoms with Crippen molar-refractivity contribution in [3.05, 3.63) is 58.4 Å². The maximum atomic E-state index is 13.5. The highest BCUT2D eigenvalue weighted by molar-refractivity contribution is 7.94. The van der Waals surface area contributed by atoms with Crippen LogP contribution in [0.2, 0.25) is 0 Å². The summed E-state index contributed by atoms with van der Waals surface area (Å²) in [6.45, 7) is 6.75. The van der Waals surface area contributed by atoms with E-state index in [1.807, 2.05) is 19.1 Å². The van der Waals surface area contributed by atoms with Crippen molar-refractivity contribution in [3.63, 3.8) is 0 Å². The van der Waals surface area contributed by atoms with Crippen LogP contribution in [0.25, 0.3) is 0 Å². The van der Waals surface area contributed by atoms with Crippen molar-refractivity contribution in [2.75, 3.05) is 5.32 Å². The molecular formula is C24H27N5O3S. The highest BCUT2D eigenvalue weighted by atomic mass is 32.2. The normalized spacial score (nSPS) is 24.9. The number of amides is 1. The summed E-state index contributed by atoms with van der Waals surface area (Å²) in [5.74, 6) is -0.311. The van der Waals surface area contributed by atoms with Crippen LogP contribution in [-0.2, 0) is 21.8 Å². The highest BCUT2D eigenvalue weighted by Crippen LogP contribution is 2.47. The smallest absolute Gasteiger partial charge is 0.274 e. The molecular weight excluding hydrogens is 438 g/mol. The zero-order chi connectivity index (χ0) is 24.2. The third kappa shape index (κ3) is 3.49. The van der Waals surface area contributed by atoms with Gasteiger partial charge in [-0.25, -0.2) is 13.4 Å². The van der Waals surface area contributed by atoms with Crippen molar-refractivity contribution in [2.24, 2.45) is 10.7 Å². The number of aliphatic imine (C=N–C) groups is 1. The number of pyridine rings is 1. The summed E-state index contributed by atoms with van der Waals surface area (Å²) in [6, 6.07) is 9.12. The number of fused-ring (bicyclic) bond motifs is 3. The molecule has 0 saturated carbocycles. The predicted octanol–water partition coefficient (Wildman–Crippen LogP) is 3.00. The lowest BCUT2D eigenvalue weighted by Gasteiger charge is -2.44. The summed E-state index contributed by atoms with van der Waals surface area (Å²) in [6.07, 6.45) is 3.29. The van der Waals surface area contributed by atoms with E-state index in [0.717, 1.165) is 24.0 Å². The van der Waals surface area contributed by atoms with Gasteiger partial charge in [-0.3, -0.25) is 9.79 Å². The van der Waals surface area contributed by atoms with E-state index in [9.17, 15) is 13.2 Å². The Bertz CT molecular complexity index is 1340. The Balaban J connectivity index is 1.77. The van der Waals surface area contributed by atoms with E-state index in [1.165, 1.54) is 6.20 Å². The molecule has 0 unspecified atom stereocenters. The lowest BCUT2D eigenvalue weighted by molar-refractivity contribution is 0.102. The number of carbonyl (C=O) groups excluding carboxylic acids is 1. The van der Waals surface area contributed by atoms with Crippen molar-refractivity contribution in [1.82, 2.24) is 4.98 Å². The topological polar surface area (TPSA) is 138 Å². The standard InChI is InChI=1S/C24H27N5O3S/c1-14-10-15(12-25)13-27-20(14)21(30)28-17-9-8-16-6-5-7-19-24(4,18(16)11-17)29-22(26)23(2,3)33(19,31)32/h8-11,13,19H,5-7H2,1-4H3,(H2,26,29)(H,28,30)/t19-,24-/m1/s1. The molecule has 33 heavy (non-hydrogen) atoms. The number of nitrogens with two attached hydrogens (primary N) is 1. The van der Waals surface area contributed by atoms with Gasteiger partial charge >= 0.3 is 0 Å². The number of hydrogen-bond donors (Lipinski definition) is 2. The van der Waals surface area contributed by atoms with E-state index in [-0.39, 0.29) is 11.5 Å². The molecule has 0 spiro atoms. The predicted molar refractivity (Wildman–Crippen MR) is 127 cm³/mol. The first kappa shape index (κ1) is 22.9. The second-order valence-electron chi connectivity index (χ2n) is 9.41. The Hall–Kier alpha value is -3.25. The number of hydrogen-bond acceptors (Lipinski definition) is 7. The minimum absolute atomic E-state index is 0.0981. The van der Waals surface area contributed by atoms with Crippen LogP contribution in [0.15, 0.2) is 35.5 Å². The third-order valence-electron chi connectivity index (χ3n) is 6.93. The third-order valence-corrected chi connectivity index (χ3v) is 10.0. The Morgan fingerprint density at radius 2 is 2.00 bits per heavy atom. The molecule has 1 amide bonds. The van der Waals surface area contributed by atoms with Gasteiger partial charge in [-0.1, -0.05) is 6.07 Å². The van der Waals surface area contributed by atoms with Crippen molar-refractivity contribution in [1.29, 1.82) is 5.26 Å². The van der Waals surface area contributed by atoms with Gasteiger partial charge in [-0.2, -0.15) is 5.26 Å². The minimum Gasteiger partial charge on any atom is -0.386 e. The number of sulfone groups is 1. The van der Waals surface area contributed by atoms with Crippen LogP contribution in [0.4, 0.5) is 5.69 Å². The first-order valence-corrected chi connectivity index (χ1v) is 12.4. The summed E-state index contributed by atoms with van der Waals surface area (Å²) in [4.78, 5) is 21.8. The van der Waals surface area contributed by atoms with Gasteiger partial charge in [-0.05, 0) is 81.8 Å². The summed E-state index contributed by atoms with van der Waals surface area (Å²) in [5.41, 5.74) is 8.61. The molecule has 1 aromatic heterocycles. The van der Waals surface area contributed by atoms with Crippen molar-refractivity contribution >= 4 is 27.3 Å². The SMILES string of the molecule is Cc1cc(C#N)cnc1C(=O)Nc1ccc2c(c1)[C@@]1(C)N=C(N)C(C)(C)S(=O)(=O)[C@@H]1CCC2. The van der Waals surface area contributed by atoms with Crippen LogP contribution in [-0.4, -0.2) is 35.1 Å². The molecule has 1 aromatic carbocycles. The molecule has 2 atom stereocenters. The first-order chi connectivity index (χ1) is 15.4. The lowest BCUT2D eigenvalue weighted by Crippen LogP contribution is -2.59. The van der Waals surface area contributed by atoms with E-state index in [1.54, 1.807) is 39.0 Å². The van der Waals surface area contributed by atoms with Gasteiger partial charge in [0, 0.05) is 11.9 Å². The fourth-order valence-electron chi connectivity index (χ4n) is 4.82. The molecule has 0 radical (unpaired) electrons. The first-order valence-electron chi connectivity index (χ1n) is 10.8. The maximum absolute atomic E-state index is 13.5. The number of nitrogens with one attached hydrogen (secondary N) is 1. The van der Waals surface area contributed by atoms with Gasteiger partial charge in [0.05, 0.1) is 10.8 Å². The number of benzene rings is 1. The van der Waals surface area contributed by atoms with E-state index < -0.39 is 31.3 Å². The number of aromatic nitrogens is 1. The van der Waals surface area contributed by atoms with Gasteiger partial charge in [0.1, 0.15) is 27.9 Å². The van der Waals surface area contributed by atoms with Crippen LogP contribution < -0.4 is 11.1 Å². The summed E-state index contributed by atoms with van der Waals surface area (Å²) in [7, 11) is -3.61. The number of rotatable bonds is 2. The van der Waals surface area contributed by atoms with Gasteiger partial charge in [0.15, 0.2) is 9.84 Å². The van der Waals surface area contributed by atoms with Gasteiger partial charge in [-0.15, -0.1) is 0 Å². The monoisotopic (exact) mass is 465 g/mol. The molecule has 172 valence electrons. The molecule has 0 fully saturated rings. The number of nitrogens with zero attached hydrogens (tertiary/aromatic N) is 3. The fourth-order valence-corrected chi connectivity index (χ4v) is 7.12. The highest BCUT2D eigenvalue weighted by Gasteiger charge is 2.57. The lowest BCUT2D eigenvalue weighted by atomic mass is 9.85. The fraction of sp³-hybridized carbons (Fsp3) is 0.417. The molecule has 2 aromatic rings. The van der Waals surface area contributed by atoms with Crippen molar-refractivity contribution < 1.29 is 13.2 Å². The Morgan fingerprint density at radius 3 is 2.67 bits per heavy atom. The second-order valence-corrected chi connectivity index (χ2v) is 12.1. The molecule has 9 heteroatoms. The molecule has 1 aliphatic heterocycles. The van der Waals surface area contributed by atoms with Crippen LogP contribution in [0.5, 0.6) is 0 Å². The summed E-state index contributed by atoms with van der Waals surface area (Å²) >= 11 is 0. The summed E-state index contributed by atoms with van der Waals surface area (Å²) < 4.78 is 25.8. The Kier molecular flexibility index (Phi) is 5.32. The number of amidine groups is 1. The van der Waals surface area contributed by atoms with Crippen molar-refractivity contribution in [3.8, 4) is 6.07 Å². The largest absolute Gasteiger partial charge is 0.386 e. The molecule has 3 N–H and O–H groups in total. The van der Waals surface area contributed by atoms with E-state index in [4.69, 9.17) is 16.0 Å². The molecule has 2 heterocycles. The van der Waals surface area contributed by atoms with Crippen LogP contribution in [0.1, 0.15) is 66.4 Å². The van der Waals surface area contributed by atoms with Gasteiger partial charge < -0.3 is 11.1 Å². The molecule has 8 nitrogen and oxygen atoms in total. The van der Waals surface area contributed by atoms with Crippen LogP contribution in [0.3, 0.4) is 0 Å². The number of aryl methyl sites for hydroxylation is 2. The Labute approximate surface area is 193 Å². The van der Waals surface area contributed by atoms with E-state index >= 15 is 0 Å². The van der Waals surface area contributed by atoms with Crippen LogP contribution in [0, 0.1) is 18.3 Å². The Morgan fingerprint density at radius 1 is 1.27 bits per heavy atom. The number of nitriles is 1. The number of carbonyl (C=O) groups is 1.